The van der Waals surface area contributed by atoms with Crippen molar-refractivity contribution < 1.29 is 28.5 Å². The predicted molar refractivity (Wildman–Crippen MR) is 156 cm³/mol. The Labute approximate surface area is 242 Å². The van der Waals surface area contributed by atoms with Crippen LogP contribution in [0.15, 0.2) is 63.5 Å². The third kappa shape index (κ3) is 6.77. The molecule has 2 heterocycles. The molecule has 216 valence electrons. The van der Waals surface area contributed by atoms with Crippen molar-refractivity contribution in [2.45, 2.75) is 47.1 Å². The Morgan fingerprint density at radius 3 is 2.49 bits per heavy atom. The van der Waals surface area contributed by atoms with E-state index in [1.807, 2.05) is 45.0 Å². The Hall–Kier alpha value is -4.18. The molecule has 1 aliphatic heterocycles. The van der Waals surface area contributed by atoms with Crippen molar-refractivity contribution in [3.8, 4) is 17.2 Å². The lowest BCUT2D eigenvalue weighted by atomic mass is 9.95. The van der Waals surface area contributed by atoms with E-state index in [1.54, 1.807) is 31.2 Å². The minimum atomic E-state index is -0.835. The average molecular weight is 579 g/mol. The number of nitrogens with zero attached hydrogens (tertiary/aromatic N) is 2. The molecule has 0 saturated heterocycles. The van der Waals surface area contributed by atoms with E-state index in [0.29, 0.717) is 27.2 Å². The first-order chi connectivity index (χ1) is 19.6. The summed E-state index contributed by atoms with van der Waals surface area (Å²) in [5.41, 5.74) is 1.82. The Morgan fingerprint density at radius 1 is 1.12 bits per heavy atom. The van der Waals surface area contributed by atoms with E-state index >= 15 is 0 Å². The van der Waals surface area contributed by atoms with E-state index in [0.717, 1.165) is 17.7 Å². The molecule has 4 rings (SSSR count). The van der Waals surface area contributed by atoms with Crippen molar-refractivity contribution >= 4 is 29.4 Å². The van der Waals surface area contributed by atoms with Crippen LogP contribution in [0.5, 0.6) is 17.2 Å². The van der Waals surface area contributed by atoms with Crippen LogP contribution >= 0.6 is 11.3 Å². The number of carbonyl (C=O) groups excluding carboxylic acids is 2. The summed E-state index contributed by atoms with van der Waals surface area (Å²) in [7, 11) is 1.45. The molecule has 10 heteroatoms. The number of hydrogen-bond acceptors (Lipinski definition) is 9. The van der Waals surface area contributed by atoms with Crippen LogP contribution in [0, 0.1) is 5.92 Å². The summed E-state index contributed by atoms with van der Waals surface area (Å²) < 4.78 is 24.0. The molecule has 0 radical (unpaired) electrons. The van der Waals surface area contributed by atoms with Gasteiger partial charge in [0, 0.05) is 6.92 Å². The molecule has 0 N–H and O–H groups in total. The van der Waals surface area contributed by atoms with Crippen molar-refractivity contribution in [1.82, 2.24) is 4.57 Å². The number of esters is 2. The van der Waals surface area contributed by atoms with E-state index in [4.69, 9.17) is 18.9 Å². The van der Waals surface area contributed by atoms with Gasteiger partial charge in [0.05, 0.1) is 42.2 Å². The minimum Gasteiger partial charge on any atom is -0.494 e. The lowest BCUT2D eigenvalue weighted by Gasteiger charge is -2.25. The summed E-state index contributed by atoms with van der Waals surface area (Å²) >= 11 is 1.24. The second kappa shape index (κ2) is 13.0. The molecule has 3 aromatic rings. The Kier molecular flexibility index (Phi) is 9.44. The summed E-state index contributed by atoms with van der Waals surface area (Å²) in [4.78, 5) is 44.0. The highest BCUT2D eigenvalue weighted by molar-refractivity contribution is 7.07. The molecule has 0 amide bonds. The van der Waals surface area contributed by atoms with Gasteiger partial charge in [0.1, 0.15) is 5.75 Å². The van der Waals surface area contributed by atoms with Gasteiger partial charge in [-0.2, -0.15) is 0 Å². The van der Waals surface area contributed by atoms with Crippen molar-refractivity contribution in [3.05, 3.63) is 84.5 Å². The molecule has 0 spiro atoms. The van der Waals surface area contributed by atoms with Gasteiger partial charge in [-0.05, 0) is 60.7 Å². The SMILES string of the molecule is CCCOc1ccc(C=c2sc3n(c2=O)C(c2ccc(OC(C)=O)c(OC)c2)C(C(=O)OCC(C)C)=C(C)N=3)cc1. The maximum atomic E-state index is 13.9. The molecule has 9 nitrogen and oxygen atoms in total. The molecule has 0 aliphatic carbocycles. The van der Waals surface area contributed by atoms with Crippen molar-refractivity contribution in [1.29, 1.82) is 0 Å². The molecule has 0 bridgehead atoms. The third-order valence-electron chi connectivity index (χ3n) is 6.20. The average Bonchev–Trinajstić information content (AvgIpc) is 3.24. The highest BCUT2D eigenvalue weighted by Gasteiger charge is 2.34. The first-order valence-corrected chi connectivity index (χ1v) is 14.2. The van der Waals surface area contributed by atoms with E-state index in [1.165, 1.54) is 29.9 Å². The standard InChI is InChI=1S/C31H34N2O7S/c1-7-14-38-23-11-8-21(9-12-23)15-26-29(35)33-28(22-10-13-24(40-20(5)34)25(16-22)37-6)27(19(4)32-31(33)41-26)30(36)39-17-18(2)3/h8-13,15-16,18,28H,7,14,17H2,1-6H3. The van der Waals surface area contributed by atoms with Crippen LogP contribution in [0.25, 0.3) is 6.08 Å². The predicted octanol–water partition coefficient (Wildman–Crippen LogP) is 4.16. The zero-order valence-corrected chi connectivity index (χ0v) is 24.9. The topological polar surface area (TPSA) is 105 Å². The van der Waals surface area contributed by atoms with E-state index in [9.17, 15) is 14.4 Å². The van der Waals surface area contributed by atoms with Crippen molar-refractivity contribution in [2.75, 3.05) is 20.3 Å². The molecule has 1 aliphatic rings. The zero-order valence-electron chi connectivity index (χ0n) is 24.1. The fraction of sp³-hybridized carbons (Fsp3) is 0.355. The minimum absolute atomic E-state index is 0.126. The number of rotatable bonds is 10. The zero-order chi connectivity index (χ0) is 29.7. The summed E-state index contributed by atoms with van der Waals surface area (Å²) in [5.74, 6) is 0.354. The second-order valence-corrected chi connectivity index (χ2v) is 11.0. The molecule has 2 aromatic carbocycles. The molecule has 0 fully saturated rings. The largest absolute Gasteiger partial charge is 0.494 e. The molecule has 1 aromatic heterocycles. The van der Waals surface area contributed by atoms with Crippen LogP contribution in [0.4, 0.5) is 0 Å². The van der Waals surface area contributed by atoms with Crippen LogP contribution in [-0.2, 0) is 14.3 Å². The fourth-order valence-electron chi connectivity index (χ4n) is 4.34. The lowest BCUT2D eigenvalue weighted by Crippen LogP contribution is -2.40. The van der Waals surface area contributed by atoms with E-state index in [-0.39, 0.29) is 35.2 Å². The first kappa shape index (κ1) is 29.8. The van der Waals surface area contributed by atoms with Gasteiger partial charge in [-0.3, -0.25) is 14.2 Å². The van der Waals surface area contributed by atoms with Gasteiger partial charge in [-0.25, -0.2) is 9.79 Å². The molecular weight excluding hydrogens is 544 g/mol. The van der Waals surface area contributed by atoms with Gasteiger partial charge < -0.3 is 18.9 Å². The Bertz CT molecular complexity index is 1650. The second-order valence-electron chi connectivity index (χ2n) is 10.00. The third-order valence-corrected chi connectivity index (χ3v) is 7.18. The van der Waals surface area contributed by atoms with Crippen LogP contribution in [0.3, 0.4) is 0 Å². The number of hydrogen-bond donors (Lipinski definition) is 0. The van der Waals surface area contributed by atoms with E-state index in [2.05, 4.69) is 4.99 Å². The summed E-state index contributed by atoms with van der Waals surface area (Å²) in [6, 6.07) is 11.6. The molecule has 1 unspecified atom stereocenters. The molecule has 41 heavy (non-hydrogen) atoms. The Balaban J connectivity index is 1.85. The maximum Gasteiger partial charge on any atom is 0.338 e. The smallest absolute Gasteiger partial charge is 0.338 e. The van der Waals surface area contributed by atoms with Crippen molar-refractivity contribution in [3.63, 3.8) is 0 Å². The highest BCUT2D eigenvalue weighted by Crippen LogP contribution is 2.36. The van der Waals surface area contributed by atoms with Crippen LogP contribution in [0.2, 0.25) is 0 Å². The van der Waals surface area contributed by atoms with Gasteiger partial charge in [0.25, 0.3) is 5.56 Å². The Morgan fingerprint density at radius 2 is 1.85 bits per heavy atom. The number of ether oxygens (including phenoxy) is 4. The van der Waals surface area contributed by atoms with Crippen LogP contribution in [0.1, 0.15) is 58.2 Å². The summed E-state index contributed by atoms with van der Waals surface area (Å²) in [6.45, 7) is 9.82. The fourth-order valence-corrected chi connectivity index (χ4v) is 5.39. The van der Waals surface area contributed by atoms with Crippen LogP contribution in [-0.4, -0.2) is 36.8 Å². The maximum absolute atomic E-state index is 13.9. The summed E-state index contributed by atoms with van der Waals surface area (Å²) in [6.07, 6.45) is 2.71. The number of thiazole rings is 1. The van der Waals surface area contributed by atoms with Crippen molar-refractivity contribution in [2.24, 2.45) is 10.9 Å². The van der Waals surface area contributed by atoms with Gasteiger partial charge in [0.2, 0.25) is 0 Å². The quantitative estimate of drug-likeness (QED) is 0.263. The number of benzene rings is 2. The number of aromatic nitrogens is 1. The number of allylic oxidation sites excluding steroid dienone is 1. The lowest BCUT2D eigenvalue weighted by molar-refractivity contribution is -0.140. The normalized spacial score (nSPS) is 14.9. The highest BCUT2D eigenvalue weighted by atomic mass is 32.1. The monoisotopic (exact) mass is 578 g/mol. The molecule has 1 atom stereocenters. The van der Waals surface area contributed by atoms with Gasteiger partial charge in [-0.1, -0.05) is 50.3 Å². The van der Waals surface area contributed by atoms with Gasteiger partial charge in [0.15, 0.2) is 16.3 Å². The van der Waals surface area contributed by atoms with Crippen LogP contribution < -0.4 is 29.1 Å². The number of carbonyl (C=O) groups is 2. The number of methoxy groups -OCH3 is 1. The van der Waals surface area contributed by atoms with Gasteiger partial charge in [-0.15, -0.1) is 0 Å². The van der Waals surface area contributed by atoms with Gasteiger partial charge >= 0.3 is 11.9 Å². The number of fused-ring (bicyclic) bond motifs is 1. The summed E-state index contributed by atoms with van der Waals surface area (Å²) in [5, 5.41) is 0. The molecule has 0 saturated carbocycles. The molecular formula is C31H34N2O7S. The first-order valence-electron chi connectivity index (χ1n) is 13.4. The van der Waals surface area contributed by atoms with E-state index < -0.39 is 18.0 Å².